The number of halogens is 5. The zero-order valence-electron chi connectivity index (χ0n) is 7.25. The normalized spacial score (nSPS) is 12.4. The molecule has 1 aromatic rings. The molecular formula is C8H8BrCl2F2NO. The highest BCUT2D eigenvalue weighted by atomic mass is 79.9. The zero-order chi connectivity index (χ0) is 10.9. The van der Waals surface area contributed by atoms with Crippen LogP contribution in [0, 0.1) is 0 Å². The summed E-state index contributed by atoms with van der Waals surface area (Å²) >= 11 is 8.60. The molecule has 0 saturated heterocycles. The van der Waals surface area contributed by atoms with Gasteiger partial charge in [0.25, 0.3) is 6.43 Å². The lowest BCUT2D eigenvalue weighted by molar-refractivity contribution is 0.115. The van der Waals surface area contributed by atoms with Gasteiger partial charge in [0.2, 0.25) is 0 Å². The first-order valence-corrected chi connectivity index (χ1v) is 4.82. The molecule has 0 spiro atoms. The summed E-state index contributed by atoms with van der Waals surface area (Å²) in [6.45, 7) is 0. The Hall–Kier alpha value is -0.100. The summed E-state index contributed by atoms with van der Waals surface area (Å²) in [7, 11) is 0. The molecule has 0 unspecified atom stereocenters. The van der Waals surface area contributed by atoms with Crippen LogP contribution in [-0.2, 0) is 0 Å². The van der Waals surface area contributed by atoms with Gasteiger partial charge in [-0.2, -0.15) is 0 Å². The molecule has 15 heavy (non-hydrogen) atoms. The number of hydrogen-bond acceptors (Lipinski definition) is 2. The highest BCUT2D eigenvalue weighted by Crippen LogP contribution is 2.37. The summed E-state index contributed by atoms with van der Waals surface area (Å²) in [6, 6.07) is 1.16. The van der Waals surface area contributed by atoms with Crippen LogP contribution in [0.15, 0.2) is 16.6 Å². The minimum absolute atomic E-state index is 0. The van der Waals surface area contributed by atoms with Crippen LogP contribution in [0.2, 0.25) is 5.02 Å². The second-order valence-corrected chi connectivity index (χ2v) is 3.86. The van der Waals surface area contributed by atoms with Gasteiger partial charge in [0.15, 0.2) is 0 Å². The molecular weight excluding hydrogens is 315 g/mol. The van der Waals surface area contributed by atoms with E-state index in [9.17, 15) is 13.9 Å². The summed E-state index contributed by atoms with van der Waals surface area (Å²) in [5.74, 6) is -0.342. The summed E-state index contributed by atoms with van der Waals surface area (Å²) in [6.07, 6.45) is -2.73. The molecule has 3 N–H and O–H groups in total. The number of aromatic hydroxyl groups is 1. The van der Waals surface area contributed by atoms with Crippen LogP contribution in [0.3, 0.4) is 0 Å². The molecule has 1 aromatic carbocycles. The van der Waals surface area contributed by atoms with E-state index in [2.05, 4.69) is 15.9 Å². The third kappa shape index (κ3) is 3.17. The van der Waals surface area contributed by atoms with Crippen molar-refractivity contribution in [2.75, 3.05) is 0 Å². The van der Waals surface area contributed by atoms with Gasteiger partial charge in [0.1, 0.15) is 5.75 Å². The average molecular weight is 323 g/mol. The minimum atomic E-state index is -2.73. The largest absolute Gasteiger partial charge is 0.506 e. The highest BCUT2D eigenvalue weighted by molar-refractivity contribution is 9.10. The summed E-state index contributed by atoms with van der Waals surface area (Å²) in [5, 5.41) is 9.70. The van der Waals surface area contributed by atoms with Crippen LogP contribution in [0.25, 0.3) is 0 Å². The van der Waals surface area contributed by atoms with E-state index in [0.717, 1.165) is 0 Å². The van der Waals surface area contributed by atoms with Gasteiger partial charge in [-0.25, -0.2) is 8.78 Å². The van der Waals surface area contributed by atoms with Crippen LogP contribution in [0.4, 0.5) is 8.78 Å². The lowest BCUT2D eigenvalue weighted by Crippen LogP contribution is -2.19. The van der Waals surface area contributed by atoms with Crippen molar-refractivity contribution in [2.24, 2.45) is 5.73 Å². The molecule has 0 aliphatic carbocycles. The van der Waals surface area contributed by atoms with Crippen molar-refractivity contribution in [1.29, 1.82) is 0 Å². The molecule has 86 valence electrons. The van der Waals surface area contributed by atoms with E-state index in [-0.39, 0.29) is 33.2 Å². The molecule has 7 heteroatoms. The van der Waals surface area contributed by atoms with Crippen LogP contribution >= 0.6 is 39.9 Å². The minimum Gasteiger partial charge on any atom is -0.506 e. The van der Waals surface area contributed by atoms with Crippen LogP contribution < -0.4 is 5.73 Å². The molecule has 0 aliphatic heterocycles. The lowest BCUT2D eigenvalue weighted by Gasteiger charge is -2.13. The molecule has 0 bridgehead atoms. The van der Waals surface area contributed by atoms with E-state index < -0.39 is 12.5 Å². The first kappa shape index (κ1) is 14.9. The molecule has 0 amide bonds. The Kier molecular flexibility index (Phi) is 5.80. The number of phenolic OH excluding ortho intramolecular Hbond substituents is 1. The Balaban J connectivity index is 0.00000196. The maximum atomic E-state index is 12.2. The molecule has 0 fully saturated rings. The fourth-order valence-electron chi connectivity index (χ4n) is 0.960. The number of phenols is 1. The van der Waals surface area contributed by atoms with Crippen molar-refractivity contribution < 1.29 is 13.9 Å². The van der Waals surface area contributed by atoms with Crippen molar-refractivity contribution in [3.05, 3.63) is 27.2 Å². The van der Waals surface area contributed by atoms with Gasteiger partial charge in [0.05, 0.1) is 15.5 Å². The quantitative estimate of drug-likeness (QED) is 0.875. The third-order valence-corrected chi connectivity index (χ3v) is 3.08. The predicted molar refractivity (Wildman–Crippen MR) is 61.0 cm³/mol. The summed E-state index contributed by atoms with van der Waals surface area (Å²) in [5.41, 5.74) is 5.15. The van der Waals surface area contributed by atoms with E-state index in [1.807, 2.05) is 0 Å². The van der Waals surface area contributed by atoms with Gasteiger partial charge >= 0.3 is 0 Å². The summed E-state index contributed by atoms with van der Waals surface area (Å²) in [4.78, 5) is 0. The van der Waals surface area contributed by atoms with Gasteiger partial charge in [-0.15, -0.1) is 12.4 Å². The fraction of sp³-hybridized carbons (Fsp3) is 0.250. The van der Waals surface area contributed by atoms with Crippen molar-refractivity contribution in [3.63, 3.8) is 0 Å². The first-order valence-electron chi connectivity index (χ1n) is 3.65. The third-order valence-electron chi connectivity index (χ3n) is 1.73. The van der Waals surface area contributed by atoms with E-state index >= 15 is 0 Å². The summed E-state index contributed by atoms with van der Waals surface area (Å²) < 4.78 is 24.7. The number of hydrogen-bond donors (Lipinski definition) is 2. The maximum Gasteiger partial charge on any atom is 0.257 e. The number of alkyl halides is 2. The Morgan fingerprint density at radius 2 is 1.93 bits per heavy atom. The second-order valence-electron chi connectivity index (χ2n) is 2.66. The average Bonchev–Trinajstić information content (AvgIpc) is 2.13. The van der Waals surface area contributed by atoms with Crippen LogP contribution in [-0.4, -0.2) is 11.5 Å². The number of rotatable bonds is 2. The standard InChI is InChI=1S/C8H7BrClF2NO.ClH/c9-5-4(10)2-1-3(7(5)14)6(13)8(11)12;/h1-2,6,8,14H,13H2;1H/t6-;/m1./s1. The number of benzene rings is 1. The molecule has 1 atom stereocenters. The molecule has 0 aromatic heterocycles. The first-order chi connectivity index (χ1) is 6.45. The van der Waals surface area contributed by atoms with Crippen molar-refractivity contribution in [3.8, 4) is 5.75 Å². The van der Waals surface area contributed by atoms with Gasteiger partial charge in [-0.3, -0.25) is 0 Å². The van der Waals surface area contributed by atoms with Gasteiger partial charge in [-0.05, 0) is 22.0 Å². The molecule has 0 radical (unpaired) electrons. The van der Waals surface area contributed by atoms with Gasteiger partial charge in [-0.1, -0.05) is 17.7 Å². The highest BCUT2D eigenvalue weighted by Gasteiger charge is 2.22. The number of nitrogens with two attached hydrogens (primary N) is 1. The Labute approximate surface area is 105 Å². The van der Waals surface area contributed by atoms with Crippen LogP contribution in [0.1, 0.15) is 11.6 Å². The second kappa shape index (κ2) is 5.84. The van der Waals surface area contributed by atoms with Gasteiger partial charge < -0.3 is 10.8 Å². The Morgan fingerprint density at radius 3 is 2.40 bits per heavy atom. The monoisotopic (exact) mass is 321 g/mol. The topological polar surface area (TPSA) is 46.2 Å². The van der Waals surface area contributed by atoms with Crippen LogP contribution in [0.5, 0.6) is 5.75 Å². The lowest BCUT2D eigenvalue weighted by atomic mass is 10.1. The van der Waals surface area contributed by atoms with E-state index in [0.29, 0.717) is 0 Å². The van der Waals surface area contributed by atoms with Crippen molar-refractivity contribution in [2.45, 2.75) is 12.5 Å². The molecule has 0 aliphatic rings. The van der Waals surface area contributed by atoms with Gasteiger partial charge in [0, 0.05) is 5.56 Å². The van der Waals surface area contributed by atoms with E-state index in [4.69, 9.17) is 17.3 Å². The van der Waals surface area contributed by atoms with E-state index in [1.165, 1.54) is 12.1 Å². The fourth-order valence-corrected chi connectivity index (χ4v) is 1.47. The molecule has 1 rings (SSSR count). The Bertz CT molecular complexity index is 352. The zero-order valence-corrected chi connectivity index (χ0v) is 10.4. The Morgan fingerprint density at radius 1 is 1.40 bits per heavy atom. The van der Waals surface area contributed by atoms with Crippen molar-refractivity contribution in [1.82, 2.24) is 0 Å². The maximum absolute atomic E-state index is 12.2. The van der Waals surface area contributed by atoms with E-state index in [1.54, 1.807) is 0 Å². The predicted octanol–water partition coefficient (Wildman–Crippen LogP) is 3.49. The molecule has 0 heterocycles. The molecule has 0 saturated carbocycles. The smallest absolute Gasteiger partial charge is 0.257 e. The SMILES string of the molecule is Cl.N[C@H](c1ccc(Cl)c(Br)c1O)C(F)F. The van der Waals surface area contributed by atoms with Crippen molar-refractivity contribution >= 4 is 39.9 Å². The molecule has 2 nitrogen and oxygen atoms in total.